The van der Waals surface area contributed by atoms with Crippen molar-refractivity contribution in [1.82, 2.24) is 4.98 Å². The zero-order chi connectivity index (χ0) is 21.6. The molecule has 0 spiro atoms. The number of hydrogen-bond acceptors (Lipinski definition) is 6. The first-order chi connectivity index (χ1) is 13.6. The molecule has 0 unspecified atom stereocenters. The zero-order valence-electron chi connectivity index (χ0n) is 14.3. The van der Waals surface area contributed by atoms with Gasteiger partial charge in [0.05, 0.1) is 15.5 Å². The van der Waals surface area contributed by atoms with Crippen LogP contribution in [0.4, 0.5) is 24.7 Å². The number of anilines is 1. The Morgan fingerprint density at radius 3 is 2.66 bits per heavy atom. The summed E-state index contributed by atoms with van der Waals surface area (Å²) < 4.78 is 42.3. The van der Waals surface area contributed by atoms with Crippen LogP contribution in [0.2, 0.25) is 5.02 Å². The molecule has 1 N–H and O–H groups in total. The van der Waals surface area contributed by atoms with Crippen LogP contribution in [0.5, 0.6) is 0 Å². The molecule has 0 aliphatic carbocycles. The number of carbonyl (C=O) groups excluding carboxylic acids is 2. The highest BCUT2D eigenvalue weighted by Crippen LogP contribution is 2.32. The van der Waals surface area contributed by atoms with Crippen LogP contribution in [-0.2, 0) is 20.5 Å². The molecule has 1 aromatic heterocycles. The van der Waals surface area contributed by atoms with Gasteiger partial charge in [0.25, 0.3) is 11.6 Å². The smallest absolute Gasteiger partial charge is 0.417 e. The van der Waals surface area contributed by atoms with E-state index in [0.29, 0.717) is 17.8 Å². The standard InChI is InChI=1S/C17H11ClF3N3O5/c18-13-7-11(17(19,20)21)8-22-16(13)23-14(25)9-29-15(26)5-4-10-2-1-3-12(6-10)24(27)28/h1-8H,9H2,(H,22,23,25)/b5-4+. The first kappa shape index (κ1) is 21.8. The quantitative estimate of drug-likeness (QED) is 0.323. The van der Waals surface area contributed by atoms with Crippen molar-refractivity contribution in [1.29, 1.82) is 0 Å². The first-order valence-corrected chi connectivity index (χ1v) is 8.06. The molecule has 8 nitrogen and oxygen atoms in total. The molecule has 12 heteroatoms. The average Bonchev–Trinajstić information content (AvgIpc) is 2.65. The molecule has 0 bridgehead atoms. The number of rotatable bonds is 6. The van der Waals surface area contributed by atoms with E-state index in [0.717, 1.165) is 6.08 Å². The molecule has 0 radical (unpaired) electrons. The summed E-state index contributed by atoms with van der Waals surface area (Å²) in [6.45, 7) is -0.753. The summed E-state index contributed by atoms with van der Waals surface area (Å²) in [7, 11) is 0. The van der Waals surface area contributed by atoms with Gasteiger partial charge in [-0.25, -0.2) is 9.78 Å². The first-order valence-electron chi connectivity index (χ1n) is 7.68. The van der Waals surface area contributed by atoms with Crippen LogP contribution < -0.4 is 5.32 Å². The molecule has 0 saturated carbocycles. The Morgan fingerprint density at radius 2 is 2.03 bits per heavy atom. The Hall–Kier alpha value is -3.47. The third-order valence-corrected chi connectivity index (χ3v) is 3.55. The second-order valence-electron chi connectivity index (χ2n) is 5.39. The monoisotopic (exact) mass is 429 g/mol. The van der Waals surface area contributed by atoms with Gasteiger partial charge in [-0.05, 0) is 17.7 Å². The molecule has 1 aromatic carbocycles. The SMILES string of the molecule is O=C(COC(=O)/C=C/c1cccc([N+](=O)[O-])c1)Nc1ncc(C(F)(F)F)cc1Cl. The van der Waals surface area contributed by atoms with E-state index < -0.39 is 40.2 Å². The summed E-state index contributed by atoms with van der Waals surface area (Å²) in [6, 6.07) is 6.05. The second-order valence-corrected chi connectivity index (χ2v) is 5.80. The number of pyridine rings is 1. The van der Waals surface area contributed by atoms with Gasteiger partial charge in [0.1, 0.15) is 0 Å². The number of nitro benzene ring substituents is 1. The summed E-state index contributed by atoms with van der Waals surface area (Å²) in [6.07, 6.45) is -1.94. The molecule has 0 saturated heterocycles. The Morgan fingerprint density at radius 1 is 1.31 bits per heavy atom. The normalized spacial score (nSPS) is 11.3. The number of halogens is 4. The molecule has 0 aliphatic rings. The fourth-order valence-corrected chi connectivity index (χ4v) is 2.16. The van der Waals surface area contributed by atoms with Gasteiger partial charge in [-0.2, -0.15) is 13.2 Å². The maximum absolute atomic E-state index is 12.5. The van der Waals surface area contributed by atoms with Crippen LogP contribution >= 0.6 is 11.6 Å². The van der Waals surface area contributed by atoms with Crippen molar-refractivity contribution >= 4 is 41.1 Å². The predicted octanol–water partition coefficient (Wildman–Crippen LogP) is 3.86. The number of aromatic nitrogens is 1. The highest BCUT2D eigenvalue weighted by Gasteiger charge is 2.31. The minimum Gasteiger partial charge on any atom is -0.452 e. The van der Waals surface area contributed by atoms with Gasteiger partial charge in [0, 0.05) is 24.4 Å². The van der Waals surface area contributed by atoms with Gasteiger partial charge < -0.3 is 10.1 Å². The van der Waals surface area contributed by atoms with E-state index in [9.17, 15) is 32.9 Å². The van der Waals surface area contributed by atoms with E-state index in [2.05, 4.69) is 15.0 Å². The van der Waals surface area contributed by atoms with Gasteiger partial charge >= 0.3 is 12.1 Å². The van der Waals surface area contributed by atoms with Crippen molar-refractivity contribution in [3.05, 3.63) is 68.9 Å². The van der Waals surface area contributed by atoms with E-state index in [1.807, 2.05) is 0 Å². The lowest BCUT2D eigenvalue weighted by molar-refractivity contribution is -0.384. The third-order valence-electron chi connectivity index (χ3n) is 3.26. The maximum atomic E-state index is 12.5. The van der Waals surface area contributed by atoms with Crippen LogP contribution in [-0.4, -0.2) is 28.4 Å². The number of nitro groups is 1. The second kappa shape index (κ2) is 9.15. The van der Waals surface area contributed by atoms with Crippen molar-refractivity contribution in [3.63, 3.8) is 0 Å². The molecule has 1 amide bonds. The fraction of sp³-hybridized carbons (Fsp3) is 0.118. The summed E-state index contributed by atoms with van der Waals surface area (Å²) in [5, 5.41) is 12.4. The van der Waals surface area contributed by atoms with Gasteiger partial charge in [-0.15, -0.1) is 0 Å². The van der Waals surface area contributed by atoms with Crippen LogP contribution in [0.3, 0.4) is 0 Å². The molecule has 0 fully saturated rings. The number of alkyl halides is 3. The Kier molecular flexibility index (Phi) is 6.89. The van der Waals surface area contributed by atoms with E-state index in [4.69, 9.17) is 11.6 Å². The lowest BCUT2D eigenvalue weighted by Crippen LogP contribution is -2.21. The van der Waals surface area contributed by atoms with Crippen molar-refractivity contribution in [2.24, 2.45) is 0 Å². The lowest BCUT2D eigenvalue weighted by atomic mass is 10.2. The predicted molar refractivity (Wildman–Crippen MR) is 96.0 cm³/mol. The van der Waals surface area contributed by atoms with Crippen molar-refractivity contribution in [3.8, 4) is 0 Å². The van der Waals surface area contributed by atoms with Crippen molar-refractivity contribution in [2.45, 2.75) is 6.18 Å². The Bertz CT molecular complexity index is 979. The van der Waals surface area contributed by atoms with Gasteiger partial charge in [0.2, 0.25) is 0 Å². The summed E-state index contributed by atoms with van der Waals surface area (Å²) >= 11 is 5.65. The molecular formula is C17H11ClF3N3O5. The number of nitrogens with zero attached hydrogens (tertiary/aromatic N) is 2. The van der Waals surface area contributed by atoms with Crippen LogP contribution in [0.15, 0.2) is 42.6 Å². The number of non-ortho nitro benzene ring substituents is 1. The summed E-state index contributed by atoms with van der Waals surface area (Å²) in [5.74, 6) is -2.12. The molecule has 0 atom stereocenters. The van der Waals surface area contributed by atoms with Gasteiger partial charge in [-0.3, -0.25) is 14.9 Å². The Labute approximate surface area is 166 Å². The van der Waals surface area contributed by atoms with E-state index in [-0.39, 0.29) is 11.5 Å². The molecule has 2 aromatic rings. The summed E-state index contributed by atoms with van der Waals surface area (Å²) in [4.78, 5) is 36.9. The van der Waals surface area contributed by atoms with Gasteiger partial charge in [-0.1, -0.05) is 23.7 Å². The molecule has 0 aliphatic heterocycles. The van der Waals surface area contributed by atoms with E-state index in [1.165, 1.54) is 30.3 Å². The average molecular weight is 430 g/mol. The number of amides is 1. The van der Waals surface area contributed by atoms with Crippen molar-refractivity contribution in [2.75, 3.05) is 11.9 Å². The topological polar surface area (TPSA) is 111 Å². The Balaban J connectivity index is 1.90. The van der Waals surface area contributed by atoms with Crippen molar-refractivity contribution < 1.29 is 32.4 Å². The minimum absolute atomic E-state index is 0.166. The summed E-state index contributed by atoms with van der Waals surface area (Å²) in [5.41, 5.74) is -0.889. The highest BCUT2D eigenvalue weighted by atomic mass is 35.5. The van der Waals surface area contributed by atoms with Gasteiger partial charge in [0.15, 0.2) is 12.4 Å². The number of benzene rings is 1. The number of ether oxygens (including phenoxy) is 1. The van der Waals surface area contributed by atoms with Crippen LogP contribution in [0, 0.1) is 10.1 Å². The zero-order valence-corrected chi connectivity index (χ0v) is 15.0. The third kappa shape index (κ3) is 6.57. The number of nitrogens with one attached hydrogen (secondary N) is 1. The molecule has 29 heavy (non-hydrogen) atoms. The van der Waals surface area contributed by atoms with Crippen LogP contribution in [0.25, 0.3) is 6.08 Å². The molecule has 2 rings (SSSR count). The van der Waals surface area contributed by atoms with Crippen LogP contribution in [0.1, 0.15) is 11.1 Å². The minimum atomic E-state index is -4.64. The highest BCUT2D eigenvalue weighted by molar-refractivity contribution is 6.33. The molecule has 1 heterocycles. The fourth-order valence-electron chi connectivity index (χ4n) is 1.94. The number of esters is 1. The lowest BCUT2D eigenvalue weighted by Gasteiger charge is -2.10. The number of hydrogen-bond donors (Lipinski definition) is 1. The van der Waals surface area contributed by atoms with E-state index >= 15 is 0 Å². The largest absolute Gasteiger partial charge is 0.452 e. The maximum Gasteiger partial charge on any atom is 0.417 e. The number of carbonyl (C=O) groups is 2. The molecule has 152 valence electrons. The molecular weight excluding hydrogens is 419 g/mol. The van der Waals surface area contributed by atoms with E-state index in [1.54, 1.807) is 0 Å².